The summed E-state index contributed by atoms with van der Waals surface area (Å²) in [4.78, 5) is 25.7. The lowest BCUT2D eigenvalue weighted by Crippen LogP contribution is -2.36. The molecule has 6 heteroatoms. The average molecular weight is 329 g/mol. The highest BCUT2D eigenvalue weighted by atomic mass is 19.1. The molecule has 0 saturated carbocycles. The van der Waals surface area contributed by atoms with E-state index in [1.807, 2.05) is 0 Å². The van der Waals surface area contributed by atoms with E-state index in [-0.39, 0.29) is 32.1 Å². The monoisotopic (exact) mass is 329 g/mol. The number of halogens is 1. The molecule has 0 radical (unpaired) electrons. The third-order valence-corrected chi connectivity index (χ3v) is 3.61. The molecular weight excluding hydrogens is 313 g/mol. The first-order valence-corrected chi connectivity index (χ1v) is 7.56. The molecule has 2 aromatic rings. The Hall–Kier alpha value is -2.89. The van der Waals surface area contributed by atoms with Crippen molar-refractivity contribution >= 4 is 17.6 Å². The van der Waals surface area contributed by atoms with Crippen LogP contribution in [0.25, 0.3) is 0 Å². The Labute approximate surface area is 138 Å². The van der Waals surface area contributed by atoms with Gasteiger partial charge in [0.1, 0.15) is 24.7 Å². The molecule has 0 aliphatic carbocycles. The van der Waals surface area contributed by atoms with Gasteiger partial charge in [-0.05, 0) is 29.8 Å². The number of fused-ring (bicyclic) bond motifs is 1. The van der Waals surface area contributed by atoms with Gasteiger partial charge in [-0.2, -0.15) is 0 Å². The van der Waals surface area contributed by atoms with Gasteiger partial charge in [0.25, 0.3) is 0 Å². The predicted octanol–water partition coefficient (Wildman–Crippen LogP) is 2.68. The Kier molecular flexibility index (Phi) is 4.74. The van der Waals surface area contributed by atoms with E-state index >= 15 is 0 Å². The summed E-state index contributed by atoms with van der Waals surface area (Å²) >= 11 is 0. The zero-order valence-electron chi connectivity index (χ0n) is 12.9. The number of hydrogen-bond acceptors (Lipinski definition) is 4. The maximum Gasteiger partial charge on any atom is 0.326 e. The van der Waals surface area contributed by atoms with Crippen molar-refractivity contribution in [1.29, 1.82) is 0 Å². The van der Waals surface area contributed by atoms with Crippen molar-refractivity contribution in [3.63, 3.8) is 0 Å². The maximum absolute atomic E-state index is 13.1. The smallest absolute Gasteiger partial charge is 0.326 e. The summed E-state index contributed by atoms with van der Waals surface area (Å²) in [6, 6.07) is 12.9. The van der Waals surface area contributed by atoms with Crippen LogP contribution in [0.5, 0.6) is 5.75 Å². The summed E-state index contributed by atoms with van der Waals surface area (Å²) in [5, 5.41) is 0. The predicted molar refractivity (Wildman–Crippen MR) is 85.1 cm³/mol. The quantitative estimate of drug-likeness (QED) is 0.809. The lowest BCUT2D eigenvalue weighted by Gasteiger charge is -2.20. The standard InChI is InChI=1S/C18H16FNO4/c19-14-5-3-4-13(10-14)12-24-18(22)11-20-15-6-1-2-7-16(15)23-9-8-17(20)21/h1-7,10H,8-9,11-12H2. The molecule has 5 nitrogen and oxygen atoms in total. The minimum atomic E-state index is -0.565. The van der Waals surface area contributed by atoms with Crippen LogP contribution in [0, 0.1) is 5.82 Å². The van der Waals surface area contributed by atoms with Crippen molar-refractivity contribution < 1.29 is 23.5 Å². The van der Waals surface area contributed by atoms with Gasteiger partial charge in [-0.15, -0.1) is 0 Å². The summed E-state index contributed by atoms with van der Waals surface area (Å²) < 4.78 is 23.8. The number of esters is 1. The van der Waals surface area contributed by atoms with Crippen LogP contribution in [0.1, 0.15) is 12.0 Å². The molecule has 3 rings (SSSR count). The topological polar surface area (TPSA) is 55.8 Å². The molecule has 2 aromatic carbocycles. The Morgan fingerprint density at radius 2 is 2.04 bits per heavy atom. The Balaban J connectivity index is 1.68. The van der Waals surface area contributed by atoms with Gasteiger partial charge >= 0.3 is 5.97 Å². The first-order valence-electron chi connectivity index (χ1n) is 7.56. The molecule has 0 fully saturated rings. The molecule has 0 spiro atoms. The fraction of sp³-hybridized carbons (Fsp3) is 0.222. The second kappa shape index (κ2) is 7.12. The van der Waals surface area contributed by atoms with Crippen molar-refractivity contribution in [3.05, 3.63) is 59.9 Å². The largest absolute Gasteiger partial charge is 0.491 e. The molecule has 1 amide bonds. The molecule has 0 aromatic heterocycles. The van der Waals surface area contributed by atoms with Crippen LogP contribution in [-0.2, 0) is 20.9 Å². The van der Waals surface area contributed by atoms with Gasteiger partial charge < -0.3 is 9.47 Å². The highest BCUT2D eigenvalue weighted by molar-refractivity contribution is 5.99. The number of anilines is 1. The van der Waals surface area contributed by atoms with Crippen molar-refractivity contribution in [2.45, 2.75) is 13.0 Å². The molecule has 124 valence electrons. The van der Waals surface area contributed by atoms with E-state index in [0.717, 1.165) is 0 Å². The van der Waals surface area contributed by atoms with E-state index in [4.69, 9.17) is 9.47 Å². The number of carbonyl (C=O) groups excluding carboxylic acids is 2. The Bertz CT molecular complexity index is 762. The third-order valence-electron chi connectivity index (χ3n) is 3.61. The molecule has 0 unspecified atom stereocenters. The summed E-state index contributed by atoms with van der Waals surface area (Å²) in [5.74, 6) is -0.606. The van der Waals surface area contributed by atoms with Crippen LogP contribution < -0.4 is 9.64 Å². The molecule has 0 saturated heterocycles. The number of hydrogen-bond donors (Lipinski definition) is 0. The van der Waals surface area contributed by atoms with Crippen LogP contribution in [0.4, 0.5) is 10.1 Å². The van der Waals surface area contributed by atoms with Crippen LogP contribution in [0.3, 0.4) is 0 Å². The van der Waals surface area contributed by atoms with E-state index in [0.29, 0.717) is 17.0 Å². The second-order valence-electron chi connectivity index (χ2n) is 5.34. The first-order chi connectivity index (χ1) is 11.6. The zero-order valence-corrected chi connectivity index (χ0v) is 12.9. The van der Waals surface area contributed by atoms with Gasteiger partial charge in [-0.1, -0.05) is 24.3 Å². The fourth-order valence-corrected chi connectivity index (χ4v) is 2.46. The van der Waals surface area contributed by atoms with E-state index in [9.17, 15) is 14.0 Å². The van der Waals surface area contributed by atoms with Crippen LogP contribution >= 0.6 is 0 Å². The molecule has 24 heavy (non-hydrogen) atoms. The number of para-hydroxylation sites is 2. The van der Waals surface area contributed by atoms with Crippen LogP contribution in [0.15, 0.2) is 48.5 Å². The number of nitrogens with zero attached hydrogens (tertiary/aromatic N) is 1. The molecule has 0 N–H and O–H groups in total. The highest BCUT2D eigenvalue weighted by Gasteiger charge is 2.25. The minimum absolute atomic E-state index is 0.0449. The summed E-state index contributed by atoms with van der Waals surface area (Å²) in [6.45, 7) is 0.00990. The fourth-order valence-electron chi connectivity index (χ4n) is 2.46. The molecular formula is C18H16FNO4. The Morgan fingerprint density at radius 3 is 2.88 bits per heavy atom. The highest BCUT2D eigenvalue weighted by Crippen LogP contribution is 2.30. The Morgan fingerprint density at radius 1 is 1.21 bits per heavy atom. The average Bonchev–Trinajstić information content (AvgIpc) is 2.73. The number of benzene rings is 2. The summed E-state index contributed by atoms with van der Waals surface area (Å²) in [6.07, 6.45) is 0.186. The molecule has 0 atom stereocenters. The maximum atomic E-state index is 13.1. The number of ether oxygens (including phenoxy) is 2. The first kappa shape index (κ1) is 16.0. The number of carbonyl (C=O) groups is 2. The third kappa shape index (κ3) is 3.71. The minimum Gasteiger partial charge on any atom is -0.491 e. The lowest BCUT2D eigenvalue weighted by atomic mass is 10.2. The number of amides is 1. The van der Waals surface area contributed by atoms with E-state index in [1.165, 1.54) is 17.0 Å². The molecule has 1 heterocycles. The molecule has 0 bridgehead atoms. The van der Waals surface area contributed by atoms with Gasteiger partial charge in [-0.25, -0.2) is 4.39 Å². The van der Waals surface area contributed by atoms with Crippen LogP contribution in [-0.4, -0.2) is 25.0 Å². The molecule has 1 aliphatic heterocycles. The van der Waals surface area contributed by atoms with Crippen LogP contribution in [0.2, 0.25) is 0 Å². The zero-order chi connectivity index (χ0) is 16.9. The van der Waals surface area contributed by atoms with Crippen molar-refractivity contribution in [1.82, 2.24) is 0 Å². The lowest BCUT2D eigenvalue weighted by molar-refractivity contribution is -0.144. The van der Waals surface area contributed by atoms with Gasteiger partial charge in [-0.3, -0.25) is 14.5 Å². The van der Waals surface area contributed by atoms with E-state index < -0.39 is 11.8 Å². The van der Waals surface area contributed by atoms with E-state index in [2.05, 4.69) is 0 Å². The van der Waals surface area contributed by atoms with Gasteiger partial charge in [0.05, 0.1) is 18.7 Å². The van der Waals surface area contributed by atoms with E-state index in [1.54, 1.807) is 36.4 Å². The summed E-state index contributed by atoms with van der Waals surface area (Å²) in [5.41, 5.74) is 1.09. The van der Waals surface area contributed by atoms with Crippen molar-refractivity contribution in [3.8, 4) is 5.75 Å². The van der Waals surface area contributed by atoms with Crippen molar-refractivity contribution in [2.75, 3.05) is 18.1 Å². The number of rotatable bonds is 4. The second-order valence-corrected chi connectivity index (χ2v) is 5.34. The summed E-state index contributed by atoms with van der Waals surface area (Å²) in [7, 11) is 0. The normalized spacial score (nSPS) is 13.7. The van der Waals surface area contributed by atoms with Crippen molar-refractivity contribution in [2.24, 2.45) is 0 Å². The SMILES string of the molecule is O=C(CN1C(=O)CCOc2ccccc21)OCc1cccc(F)c1. The molecule has 1 aliphatic rings. The van der Waals surface area contributed by atoms with Gasteiger partial charge in [0, 0.05) is 0 Å². The van der Waals surface area contributed by atoms with Gasteiger partial charge in [0.15, 0.2) is 0 Å². The van der Waals surface area contributed by atoms with Gasteiger partial charge in [0.2, 0.25) is 5.91 Å².